The molecule has 1 rings (SSSR count). The fourth-order valence-electron chi connectivity index (χ4n) is 0.521. The number of hydrogen-bond acceptors (Lipinski definition) is 5. The molecule has 1 N–H and O–H groups in total. The van der Waals surface area contributed by atoms with Crippen LogP contribution < -0.4 is 0 Å². The van der Waals surface area contributed by atoms with E-state index < -0.39 is 15.6 Å². The number of hydrogen-bond donors (Lipinski definition) is 1. The van der Waals surface area contributed by atoms with Gasteiger partial charge in [-0.2, -0.15) is 13.2 Å². The molecule has 0 amide bonds. The van der Waals surface area contributed by atoms with Crippen LogP contribution in [0.4, 0.5) is 13.2 Å². The van der Waals surface area contributed by atoms with Crippen molar-refractivity contribution in [3.8, 4) is 0 Å². The molecule has 6 nitrogen and oxygen atoms in total. The predicted molar refractivity (Wildman–Crippen MR) is 43.9 cm³/mol. The highest BCUT2D eigenvalue weighted by Crippen LogP contribution is 2.20. The van der Waals surface area contributed by atoms with Crippen molar-refractivity contribution >= 4 is 16.5 Å². The molecule has 0 aromatic heterocycles. The lowest BCUT2D eigenvalue weighted by atomic mass is 10.1. The van der Waals surface area contributed by atoms with Crippen LogP contribution in [-0.4, -0.2) is 47.0 Å². The first-order valence-corrected chi connectivity index (χ1v) is 5.24. The monoisotopic (exact) mass is 265 g/mol. The highest BCUT2D eigenvalue weighted by atomic mass is 32.2. The van der Waals surface area contributed by atoms with Crippen LogP contribution in [0.25, 0.3) is 0 Å². The van der Waals surface area contributed by atoms with Crippen molar-refractivity contribution in [3.05, 3.63) is 0 Å². The Kier molecular flexibility index (Phi) is 4.17. The molecule has 1 heterocycles. The van der Waals surface area contributed by atoms with Gasteiger partial charge in [0.25, 0.3) is 0 Å². The SMILES string of the molecule is CC1(C)COC=[N+]1O.O=S(=O)([O-])C(F)(F)F. The van der Waals surface area contributed by atoms with Gasteiger partial charge in [0, 0.05) is 18.6 Å². The van der Waals surface area contributed by atoms with E-state index in [9.17, 15) is 13.2 Å². The summed E-state index contributed by atoms with van der Waals surface area (Å²) in [6, 6.07) is 0. The minimum atomic E-state index is -6.09. The molecule has 0 aliphatic carbocycles. The molecule has 0 aromatic rings. The summed E-state index contributed by atoms with van der Waals surface area (Å²) in [6.45, 7) is 4.36. The van der Waals surface area contributed by atoms with E-state index in [1.807, 2.05) is 13.8 Å². The van der Waals surface area contributed by atoms with Crippen molar-refractivity contribution < 1.29 is 40.8 Å². The Bertz CT molecular complexity index is 372. The van der Waals surface area contributed by atoms with E-state index in [2.05, 4.69) is 0 Å². The van der Waals surface area contributed by atoms with Gasteiger partial charge in [0.05, 0.1) is 0 Å². The Hall–Kier alpha value is -1.03. The summed E-state index contributed by atoms with van der Waals surface area (Å²) in [6.07, 6.45) is 1.32. The summed E-state index contributed by atoms with van der Waals surface area (Å²) < 4.78 is 64.8. The lowest BCUT2D eigenvalue weighted by molar-refractivity contribution is -0.812. The van der Waals surface area contributed by atoms with Crippen LogP contribution in [-0.2, 0) is 14.9 Å². The van der Waals surface area contributed by atoms with E-state index in [-0.39, 0.29) is 5.54 Å². The molecule has 10 heteroatoms. The highest BCUT2D eigenvalue weighted by Gasteiger charge is 2.37. The third kappa shape index (κ3) is 4.23. The van der Waals surface area contributed by atoms with Crippen molar-refractivity contribution in [1.82, 2.24) is 0 Å². The summed E-state index contributed by atoms with van der Waals surface area (Å²) >= 11 is 0. The van der Waals surface area contributed by atoms with Gasteiger partial charge in [-0.3, -0.25) is 5.21 Å². The van der Waals surface area contributed by atoms with E-state index in [0.717, 1.165) is 4.74 Å². The zero-order valence-electron chi connectivity index (χ0n) is 8.35. The molecule has 16 heavy (non-hydrogen) atoms. The van der Waals surface area contributed by atoms with Crippen LogP contribution >= 0.6 is 0 Å². The van der Waals surface area contributed by atoms with Gasteiger partial charge >= 0.3 is 11.9 Å². The van der Waals surface area contributed by atoms with Crippen molar-refractivity contribution in [2.24, 2.45) is 0 Å². The number of rotatable bonds is 0. The van der Waals surface area contributed by atoms with E-state index in [4.69, 9.17) is 22.9 Å². The van der Waals surface area contributed by atoms with Crippen LogP contribution in [0.5, 0.6) is 0 Å². The first-order chi connectivity index (χ1) is 6.88. The van der Waals surface area contributed by atoms with Gasteiger partial charge in [-0.1, -0.05) is 0 Å². The zero-order chi connectivity index (χ0) is 13.2. The second kappa shape index (κ2) is 4.45. The topological polar surface area (TPSA) is 89.7 Å². The van der Waals surface area contributed by atoms with Crippen molar-refractivity contribution in [1.29, 1.82) is 0 Å². The van der Waals surface area contributed by atoms with Gasteiger partial charge in [-0.05, 0) is 0 Å². The number of hydroxylamine groups is 1. The molecule has 0 fully saturated rings. The molecular formula is C6H10F3NO5S. The van der Waals surface area contributed by atoms with Crippen molar-refractivity contribution in [2.45, 2.75) is 24.9 Å². The molecule has 0 atom stereocenters. The lowest BCUT2D eigenvalue weighted by Gasteiger charge is -2.08. The number of alkyl halides is 3. The van der Waals surface area contributed by atoms with Crippen LogP contribution in [0, 0.1) is 0 Å². The molecule has 0 spiro atoms. The largest absolute Gasteiger partial charge is 0.741 e. The lowest BCUT2D eigenvalue weighted by Crippen LogP contribution is -2.32. The Labute approximate surface area is 89.7 Å². The fourth-order valence-corrected chi connectivity index (χ4v) is 0.521. The van der Waals surface area contributed by atoms with Crippen molar-refractivity contribution in [2.75, 3.05) is 6.61 Å². The minimum absolute atomic E-state index is 0.236. The summed E-state index contributed by atoms with van der Waals surface area (Å²) in [5, 5.41) is 8.91. The molecule has 0 unspecified atom stereocenters. The Morgan fingerprint density at radius 2 is 1.88 bits per heavy atom. The highest BCUT2D eigenvalue weighted by molar-refractivity contribution is 7.86. The molecule has 0 aromatic carbocycles. The normalized spacial score (nSPS) is 19.2. The predicted octanol–water partition coefficient (Wildman–Crippen LogP) is 0.277. The minimum Gasteiger partial charge on any atom is -0.741 e. The molecule has 1 aliphatic heterocycles. The van der Waals surface area contributed by atoms with Crippen LogP contribution in [0.2, 0.25) is 0 Å². The molecule has 0 bridgehead atoms. The quantitative estimate of drug-likeness (QED) is 0.294. The molecule has 96 valence electrons. The maximum absolute atomic E-state index is 10.7. The molecular weight excluding hydrogens is 255 g/mol. The van der Waals surface area contributed by atoms with Gasteiger partial charge in [-0.25, -0.2) is 8.42 Å². The van der Waals surface area contributed by atoms with E-state index >= 15 is 0 Å². The van der Waals surface area contributed by atoms with Crippen molar-refractivity contribution in [3.63, 3.8) is 0 Å². The fraction of sp³-hybridized carbons (Fsp3) is 0.833. The van der Waals surface area contributed by atoms with Gasteiger partial charge in [0.15, 0.2) is 16.7 Å². The maximum Gasteiger partial charge on any atom is 0.485 e. The van der Waals surface area contributed by atoms with Crippen LogP contribution in [0.15, 0.2) is 0 Å². The second-order valence-electron chi connectivity index (χ2n) is 3.47. The van der Waals surface area contributed by atoms with E-state index in [1.54, 1.807) is 0 Å². The number of ether oxygens (including phenoxy) is 1. The van der Waals surface area contributed by atoms with E-state index in [0.29, 0.717) is 6.61 Å². The average Bonchev–Trinajstić information content (AvgIpc) is 2.27. The number of nitrogens with zero attached hydrogens (tertiary/aromatic N) is 1. The van der Waals surface area contributed by atoms with Crippen LogP contribution in [0.3, 0.4) is 0 Å². The first-order valence-electron chi connectivity index (χ1n) is 3.83. The van der Waals surface area contributed by atoms with Gasteiger partial charge < -0.3 is 9.29 Å². The summed E-state index contributed by atoms with van der Waals surface area (Å²) in [5.74, 6) is 0. The van der Waals surface area contributed by atoms with Gasteiger partial charge in [0.2, 0.25) is 5.54 Å². The Morgan fingerprint density at radius 1 is 1.50 bits per heavy atom. The maximum atomic E-state index is 10.7. The smallest absolute Gasteiger partial charge is 0.485 e. The van der Waals surface area contributed by atoms with Crippen LogP contribution in [0.1, 0.15) is 13.8 Å². The number of halogens is 3. The third-order valence-corrected chi connectivity index (χ3v) is 2.08. The molecule has 0 saturated carbocycles. The standard InChI is InChI=1S/C5H10NO2.CHF3O3S/c1-5(2)3-8-4-6(5)7;2-1(3,4)8(5,6)7/h4,7H,3H2,1-2H3;(H,5,6,7)/q+1;/p-1. The zero-order valence-corrected chi connectivity index (χ0v) is 9.17. The molecule has 0 radical (unpaired) electrons. The average molecular weight is 265 g/mol. The molecule has 0 saturated heterocycles. The second-order valence-corrected chi connectivity index (χ2v) is 4.84. The van der Waals surface area contributed by atoms with Gasteiger partial charge in [-0.15, -0.1) is 0 Å². The van der Waals surface area contributed by atoms with Gasteiger partial charge in [0.1, 0.15) is 0 Å². The first kappa shape index (κ1) is 15.0. The summed E-state index contributed by atoms with van der Waals surface area (Å²) in [7, 11) is -6.09. The third-order valence-electron chi connectivity index (χ3n) is 1.51. The summed E-state index contributed by atoms with van der Waals surface area (Å²) in [5.41, 5.74) is -5.88. The Balaban J connectivity index is 0.000000281. The Morgan fingerprint density at radius 3 is 1.94 bits per heavy atom. The molecule has 1 aliphatic rings. The summed E-state index contributed by atoms with van der Waals surface area (Å²) in [4.78, 5) is 0. The van der Waals surface area contributed by atoms with E-state index in [1.165, 1.54) is 6.40 Å².